The molecule has 2 unspecified atom stereocenters. The smallest absolute Gasteiger partial charge is 0.227 e. The summed E-state index contributed by atoms with van der Waals surface area (Å²) in [7, 11) is 1.60. The molecule has 1 fully saturated rings. The van der Waals surface area contributed by atoms with Gasteiger partial charge in [0.25, 0.3) is 0 Å². The third-order valence-electron chi connectivity index (χ3n) is 6.24. The highest BCUT2D eigenvalue weighted by Crippen LogP contribution is 2.32. The fourth-order valence-corrected chi connectivity index (χ4v) is 4.50. The predicted octanol–water partition coefficient (Wildman–Crippen LogP) is 3.81. The van der Waals surface area contributed by atoms with Gasteiger partial charge in [-0.1, -0.05) is 12.1 Å². The molecule has 2 amide bonds. The van der Waals surface area contributed by atoms with Crippen LogP contribution in [0.1, 0.15) is 49.4 Å². The predicted molar refractivity (Wildman–Crippen MR) is 120 cm³/mol. The van der Waals surface area contributed by atoms with Crippen LogP contribution in [0.2, 0.25) is 0 Å². The average Bonchev–Trinajstić information content (AvgIpc) is 3.40. The number of hydrogen-bond donors (Lipinski definition) is 1. The summed E-state index contributed by atoms with van der Waals surface area (Å²) in [5.74, 6) is 0.872. The lowest BCUT2D eigenvalue weighted by Gasteiger charge is -2.20. The number of carbonyl (C=O) groups is 2. The Balaban J connectivity index is 1.41. The molecule has 4 rings (SSSR count). The lowest BCUT2D eigenvalue weighted by atomic mass is 10.0. The van der Waals surface area contributed by atoms with Crippen molar-refractivity contribution < 1.29 is 19.1 Å². The van der Waals surface area contributed by atoms with Crippen LogP contribution in [0.3, 0.4) is 0 Å². The first-order valence-corrected chi connectivity index (χ1v) is 11.0. The zero-order valence-electron chi connectivity index (χ0n) is 18.4. The van der Waals surface area contributed by atoms with Gasteiger partial charge in [0.05, 0.1) is 25.7 Å². The molecule has 0 aromatic heterocycles. The number of fused-ring (bicyclic) bond motifs is 1. The van der Waals surface area contributed by atoms with E-state index < -0.39 is 0 Å². The maximum absolute atomic E-state index is 12.9. The fraction of sp³-hybridized carbons (Fsp3) is 0.440. The van der Waals surface area contributed by atoms with E-state index in [2.05, 4.69) is 17.4 Å². The van der Waals surface area contributed by atoms with Gasteiger partial charge in [-0.3, -0.25) is 9.59 Å². The number of carbonyl (C=O) groups excluding carboxylic acids is 2. The minimum Gasteiger partial charge on any atom is -0.493 e. The molecule has 0 bridgehead atoms. The second kappa shape index (κ2) is 9.00. The molecule has 0 saturated carbocycles. The van der Waals surface area contributed by atoms with Crippen LogP contribution in [0.15, 0.2) is 36.4 Å². The molecule has 164 valence electrons. The van der Waals surface area contributed by atoms with Gasteiger partial charge in [-0.2, -0.15) is 0 Å². The highest BCUT2D eigenvalue weighted by Gasteiger charge is 2.36. The van der Waals surface area contributed by atoms with E-state index in [9.17, 15) is 9.59 Å². The van der Waals surface area contributed by atoms with E-state index in [4.69, 9.17) is 9.47 Å². The highest BCUT2D eigenvalue weighted by atomic mass is 16.5. The van der Waals surface area contributed by atoms with E-state index in [0.29, 0.717) is 24.7 Å². The summed E-state index contributed by atoms with van der Waals surface area (Å²) in [6, 6.07) is 11.7. The van der Waals surface area contributed by atoms with E-state index in [-0.39, 0.29) is 30.2 Å². The molecule has 1 aliphatic carbocycles. The SMILES string of the molecule is CCOc1ccc(C(C)NC(=O)C2CC(=O)N(c3ccc4c(c3)CCC4)C2)cc1OC. The number of benzene rings is 2. The molecule has 2 aromatic rings. The minimum atomic E-state index is -0.354. The molecule has 6 heteroatoms. The van der Waals surface area contributed by atoms with Crippen molar-refractivity contribution in [2.24, 2.45) is 5.92 Å². The zero-order valence-corrected chi connectivity index (χ0v) is 18.4. The number of hydrogen-bond acceptors (Lipinski definition) is 4. The van der Waals surface area contributed by atoms with Crippen LogP contribution >= 0.6 is 0 Å². The van der Waals surface area contributed by atoms with E-state index in [1.165, 1.54) is 17.5 Å². The molecule has 0 radical (unpaired) electrons. The normalized spacial score (nSPS) is 18.6. The minimum absolute atomic E-state index is 0.00786. The summed E-state index contributed by atoms with van der Waals surface area (Å²) in [4.78, 5) is 27.3. The van der Waals surface area contributed by atoms with E-state index in [1.54, 1.807) is 12.0 Å². The van der Waals surface area contributed by atoms with Gasteiger partial charge < -0.3 is 19.7 Å². The highest BCUT2D eigenvalue weighted by molar-refractivity contribution is 6.00. The Morgan fingerprint density at radius 3 is 2.74 bits per heavy atom. The van der Waals surface area contributed by atoms with Crippen molar-refractivity contribution in [2.45, 2.75) is 45.6 Å². The Kier molecular flexibility index (Phi) is 6.16. The van der Waals surface area contributed by atoms with E-state index >= 15 is 0 Å². The summed E-state index contributed by atoms with van der Waals surface area (Å²) >= 11 is 0. The van der Waals surface area contributed by atoms with Gasteiger partial charge in [0.2, 0.25) is 11.8 Å². The molecule has 1 heterocycles. The maximum atomic E-state index is 12.9. The largest absolute Gasteiger partial charge is 0.493 e. The second-order valence-corrected chi connectivity index (χ2v) is 8.29. The van der Waals surface area contributed by atoms with Crippen LogP contribution < -0.4 is 19.7 Å². The van der Waals surface area contributed by atoms with Crippen LogP contribution in [0.25, 0.3) is 0 Å². The molecule has 1 aliphatic heterocycles. The number of methoxy groups -OCH3 is 1. The Labute approximate surface area is 183 Å². The van der Waals surface area contributed by atoms with Crippen LogP contribution in [-0.4, -0.2) is 32.1 Å². The van der Waals surface area contributed by atoms with Crippen molar-refractivity contribution >= 4 is 17.5 Å². The van der Waals surface area contributed by atoms with Crippen molar-refractivity contribution in [3.05, 3.63) is 53.1 Å². The summed E-state index contributed by atoms with van der Waals surface area (Å²) in [5, 5.41) is 3.06. The van der Waals surface area contributed by atoms with Gasteiger partial charge in [-0.05, 0) is 74.1 Å². The second-order valence-electron chi connectivity index (χ2n) is 8.29. The molecule has 31 heavy (non-hydrogen) atoms. The molecule has 2 aliphatic rings. The standard InChI is InChI=1S/C25H30N2O4/c1-4-31-22-11-9-18(13-23(22)30-3)16(2)26-25(29)20-14-24(28)27(15-20)21-10-8-17-6-5-7-19(17)12-21/h8-13,16,20H,4-7,14-15H2,1-3H3,(H,26,29). The summed E-state index contributed by atoms with van der Waals surface area (Å²) in [6.45, 7) is 4.83. The van der Waals surface area contributed by atoms with Crippen LogP contribution in [0.5, 0.6) is 11.5 Å². The number of nitrogens with one attached hydrogen (secondary N) is 1. The van der Waals surface area contributed by atoms with Crippen LogP contribution in [-0.2, 0) is 22.4 Å². The summed E-state index contributed by atoms with van der Waals surface area (Å²) in [5.41, 5.74) is 4.54. The van der Waals surface area contributed by atoms with Crippen molar-refractivity contribution in [1.82, 2.24) is 5.32 Å². The van der Waals surface area contributed by atoms with Crippen LogP contribution in [0, 0.1) is 5.92 Å². The Morgan fingerprint density at radius 1 is 1.16 bits per heavy atom. The quantitative estimate of drug-likeness (QED) is 0.737. The first kappa shape index (κ1) is 21.2. The number of rotatable bonds is 7. The Morgan fingerprint density at radius 2 is 1.97 bits per heavy atom. The molecular weight excluding hydrogens is 392 g/mol. The van der Waals surface area contributed by atoms with Crippen molar-refractivity contribution in [1.29, 1.82) is 0 Å². The number of nitrogens with zero attached hydrogens (tertiary/aromatic N) is 1. The number of amides is 2. The number of anilines is 1. The molecule has 2 aromatic carbocycles. The van der Waals surface area contributed by atoms with Crippen molar-refractivity contribution in [2.75, 3.05) is 25.2 Å². The first-order valence-electron chi connectivity index (χ1n) is 11.0. The lowest BCUT2D eigenvalue weighted by molar-refractivity contribution is -0.126. The van der Waals surface area contributed by atoms with Gasteiger partial charge in [0.1, 0.15) is 0 Å². The van der Waals surface area contributed by atoms with Gasteiger partial charge in [-0.15, -0.1) is 0 Å². The topological polar surface area (TPSA) is 67.9 Å². The Bertz CT molecular complexity index is 987. The lowest BCUT2D eigenvalue weighted by Crippen LogP contribution is -2.34. The molecular formula is C25H30N2O4. The average molecular weight is 423 g/mol. The van der Waals surface area contributed by atoms with Gasteiger partial charge >= 0.3 is 0 Å². The number of ether oxygens (including phenoxy) is 2. The summed E-state index contributed by atoms with van der Waals surface area (Å²) in [6.07, 6.45) is 3.59. The molecule has 6 nitrogen and oxygen atoms in total. The van der Waals surface area contributed by atoms with E-state index in [0.717, 1.165) is 24.1 Å². The molecule has 1 saturated heterocycles. The molecule has 2 atom stereocenters. The van der Waals surface area contributed by atoms with Crippen molar-refractivity contribution in [3.8, 4) is 11.5 Å². The third kappa shape index (κ3) is 4.38. The fourth-order valence-electron chi connectivity index (χ4n) is 4.50. The first-order chi connectivity index (χ1) is 15.0. The van der Waals surface area contributed by atoms with E-state index in [1.807, 2.05) is 38.1 Å². The molecule has 0 spiro atoms. The van der Waals surface area contributed by atoms with Gasteiger partial charge in [-0.25, -0.2) is 0 Å². The number of aryl methyl sites for hydroxylation is 2. The van der Waals surface area contributed by atoms with Crippen molar-refractivity contribution in [3.63, 3.8) is 0 Å². The zero-order chi connectivity index (χ0) is 22.0. The Hall–Kier alpha value is -3.02. The van der Waals surface area contributed by atoms with Gasteiger partial charge in [0.15, 0.2) is 11.5 Å². The monoisotopic (exact) mass is 422 g/mol. The maximum Gasteiger partial charge on any atom is 0.227 e. The van der Waals surface area contributed by atoms with Crippen LogP contribution in [0.4, 0.5) is 5.69 Å². The van der Waals surface area contributed by atoms with Gasteiger partial charge in [0, 0.05) is 18.7 Å². The third-order valence-corrected chi connectivity index (χ3v) is 6.24. The summed E-state index contributed by atoms with van der Waals surface area (Å²) < 4.78 is 11.0. The molecule has 1 N–H and O–H groups in total.